The fourth-order valence-corrected chi connectivity index (χ4v) is 1.24. The van der Waals surface area contributed by atoms with E-state index in [1.807, 2.05) is 0 Å². The van der Waals surface area contributed by atoms with Crippen LogP contribution < -0.4 is 5.73 Å². The number of quaternary nitrogens is 1. The molecule has 1 fully saturated rings. The van der Waals surface area contributed by atoms with E-state index in [4.69, 9.17) is 4.74 Å². The van der Waals surface area contributed by atoms with Crippen molar-refractivity contribution in [1.29, 1.82) is 0 Å². The molecule has 0 aliphatic carbocycles. The van der Waals surface area contributed by atoms with Crippen LogP contribution in [-0.4, -0.2) is 19.8 Å². The van der Waals surface area contributed by atoms with Gasteiger partial charge in [0.2, 0.25) is 0 Å². The summed E-state index contributed by atoms with van der Waals surface area (Å²) >= 11 is 0. The topological polar surface area (TPSA) is 36.9 Å². The standard InChI is InChI=1S/C7H15NO/c8-4-1-2-7-3-5-9-6-7/h7H,1-6,8H2/p+1. The van der Waals surface area contributed by atoms with Crippen LogP contribution in [0, 0.1) is 5.92 Å². The predicted octanol–water partition coefficient (Wildman–Crippen LogP) is 0.0450. The SMILES string of the molecule is [NH3+]CCCC1CCOC1. The molecule has 0 bridgehead atoms. The first kappa shape index (κ1) is 7.03. The van der Waals surface area contributed by atoms with Gasteiger partial charge in [-0.1, -0.05) is 0 Å². The summed E-state index contributed by atoms with van der Waals surface area (Å²) in [5, 5.41) is 0. The summed E-state index contributed by atoms with van der Waals surface area (Å²) in [6.45, 7) is 3.07. The smallest absolute Gasteiger partial charge is 0.0739 e. The number of rotatable bonds is 3. The lowest BCUT2D eigenvalue weighted by Crippen LogP contribution is -2.50. The zero-order valence-electron chi connectivity index (χ0n) is 5.94. The molecule has 2 heteroatoms. The molecule has 1 rings (SSSR count). The molecule has 1 aliphatic heterocycles. The van der Waals surface area contributed by atoms with E-state index >= 15 is 0 Å². The maximum absolute atomic E-state index is 5.23. The maximum atomic E-state index is 5.23. The molecule has 1 unspecified atom stereocenters. The minimum absolute atomic E-state index is 0.853. The Morgan fingerprint density at radius 2 is 2.44 bits per heavy atom. The van der Waals surface area contributed by atoms with E-state index in [1.54, 1.807) is 0 Å². The molecular weight excluding hydrogens is 114 g/mol. The molecule has 0 spiro atoms. The van der Waals surface area contributed by atoms with Crippen molar-refractivity contribution in [3.63, 3.8) is 0 Å². The normalized spacial score (nSPS) is 27.0. The Balaban J connectivity index is 1.98. The van der Waals surface area contributed by atoms with Gasteiger partial charge in [-0.2, -0.15) is 0 Å². The van der Waals surface area contributed by atoms with Crippen LogP contribution in [0.1, 0.15) is 19.3 Å². The van der Waals surface area contributed by atoms with Crippen LogP contribution in [0.2, 0.25) is 0 Å². The van der Waals surface area contributed by atoms with E-state index in [0.717, 1.165) is 25.7 Å². The lowest BCUT2D eigenvalue weighted by molar-refractivity contribution is -0.368. The lowest BCUT2D eigenvalue weighted by atomic mass is 10.0. The highest BCUT2D eigenvalue weighted by molar-refractivity contribution is 4.63. The van der Waals surface area contributed by atoms with Crippen LogP contribution in [0.25, 0.3) is 0 Å². The van der Waals surface area contributed by atoms with Gasteiger partial charge < -0.3 is 10.5 Å². The monoisotopic (exact) mass is 130 g/mol. The quantitative estimate of drug-likeness (QED) is 0.575. The Kier molecular flexibility index (Phi) is 3.01. The van der Waals surface area contributed by atoms with E-state index in [0.29, 0.717) is 0 Å². The van der Waals surface area contributed by atoms with Gasteiger partial charge in [0.25, 0.3) is 0 Å². The van der Waals surface area contributed by atoms with Gasteiger partial charge in [-0.05, 0) is 25.2 Å². The minimum atomic E-state index is 0.853. The maximum Gasteiger partial charge on any atom is 0.0739 e. The molecule has 0 radical (unpaired) electrons. The van der Waals surface area contributed by atoms with E-state index in [2.05, 4.69) is 5.73 Å². The van der Waals surface area contributed by atoms with Crippen LogP contribution >= 0.6 is 0 Å². The number of hydrogen-bond acceptors (Lipinski definition) is 1. The van der Waals surface area contributed by atoms with Gasteiger partial charge in [0.15, 0.2) is 0 Å². The summed E-state index contributed by atoms with van der Waals surface area (Å²) in [5.41, 5.74) is 3.81. The summed E-state index contributed by atoms with van der Waals surface area (Å²) in [7, 11) is 0. The van der Waals surface area contributed by atoms with E-state index in [1.165, 1.54) is 19.3 Å². The fraction of sp³-hybridized carbons (Fsp3) is 1.00. The molecule has 0 aromatic rings. The third kappa shape index (κ3) is 2.33. The molecule has 2 nitrogen and oxygen atoms in total. The third-order valence-corrected chi connectivity index (χ3v) is 1.89. The molecule has 0 amide bonds. The third-order valence-electron chi connectivity index (χ3n) is 1.89. The van der Waals surface area contributed by atoms with Crippen LogP contribution in [0.5, 0.6) is 0 Å². The van der Waals surface area contributed by atoms with E-state index < -0.39 is 0 Å². The Morgan fingerprint density at radius 3 is 3.00 bits per heavy atom. The number of ether oxygens (including phenoxy) is 1. The van der Waals surface area contributed by atoms with Crippen molar-refractivity contribution in [3.8, 4) is 0 Å². The Hall–Kier alpha value is -0.0800. The summed E-state index contributed by atoms with van der Waals surface area (Å²) in [4.78, 5) is 0. The second kappa shape index (κ2) is 3.85. The van der Waals surface area contributed by atoms with Crippen molar-refractivity contribution in [2.75, 3.05) is 19.8 Å². The molecular formula is C7H16NO+. The highest BCUT2D eigenvalue weighted by Gasteiger charge is 2.14. The molecule has 0 aromatic carbocycles. The predicted molar refractivity (Wildman–Crippen MR) is 35.9 cm³/mol. The molecule has 0 saturated carbocycles. The summed E-state index contributed by atoms with van der Waals surface area (Å²) in [6, 6.07) is 0. The zero-order chi connectivity index (χ0) is 6.53. The van der Waals surface area contributed by atoms with Crippen molar-refractivity contribution in [1.82, 2.24) is 0 Å². The molecule has 0 aromatic heterocycles. The van der Waals surface area contributed by atoms with Gasteiger partial charge in [-0.3, -0.25) is 0 Å². The van der Waals surface area contributed by atoms with Gasteiger partial charge in [-0.15, -0.1) is 0 Å². The summed E-state index contributed by atoms with van der Waals surface area (Å²) < 4.78 is 5.23. The first-order valence-corrected chi connectivity index (χ1v) is 3.80. The largest absolute Gasteiger partial charge is 0.381 e. The first-order chi connectivity index (χ1) is 4.43. The van der Waals surface area contributed by atoms with Crippen molar-refractivity contribution >= 4 is 0 Å². The first-order valence-electron chi connectivity index (χ1n) is 3.80. The molecule has 3 N–H and O–H groups in total. The van der Waals surface area contributed by atoms with Gasteiger partial charge in [0, 0.05) is 13.2 Å². The Morgan fingerprint density at radius 1 is 1.56 bits per heavy atom. The second-order valence-corrected chi connectivity index (χ2v) is 2.73. The summed E-state index contributed by atoms with van der Waals surface area (Å²) in [6.07, 6.45) is 3.87. The molecule has 1 aliphatic rings. The number of hydrogen-bond donors (Lipinski definition) is 1. The molecule has 9 heavy (non-hydrogen) atoms. The lowest BCUT2D eigenvalue weighted by Gasteiger charge is -2.02. The van der Waals surface area contributed by atoms with Gasteiger partial charge in [0.1, 0.15) is 0 Å². The minimum Gasteiger partial charge on any atom is -0.381 e. The molecule has 1 heterocycles. The molecule has 1 saturated heterocycles. The highest BCUT2D eigenvalue weighted by Crippen LogP contribution is 2.16. The van der Waals surface area contributed by atoms with Crippen molar-refractivity contribution in [2.45, 2.75) is 19.3 Å². The van der Waals surface area contributed by atoms with Crippen molar-refractivity contribution < 1.29 is 10.5 Å². The highest BCUT2D eigenvalue weighted by atomic mass is 16.5. The fourth-order valence-electron chi connectivity index (χ4n) is 1.24. The average molecular weight is 130 g/mol. The van der Waals surface area contributed by atoms with Crippen LogP contribution in [0.3, 0.4) is 0 Å². The van der Waals surface area contributed by atoms with Crippen molar-refractivity contribution in [2.24, 2.45) is 5.92 Å². The molecule has 1 atom stereocenters. The Labute approximate surface area is 56.4 Å². The van der Waals surface area contributed by atoms with Gasteiger partial charge >= 0.3 is 0 Å². The van der Waals surface area contributed by atoms with Gasteiger partial charge in [0.05, 0.1) is 6.54 Å². The molecule has 54 valence electrons. The van der Waals surface area contributed by atoms with Crippen LogP contribution in [0.15, 0.2) is 0 Å². The average Bonchev–Trinajstić information content (AvgIpc) is 2.34. The zero-order valence-corrected chi connectivity index (χ0v) is 5.94. The van der Waals surface area contributed by atoms with Crippen LogP contribution in [-0.2, 0) is 4.74 Å². The van der Waals surface area contributed by atoms with Crippen molar-refractivity contribution in [3.05, 3.63) is 0 Å². The Bertz CT molecular complexity index is 69.3. The van der Waals surface area contributed by atoms with E-state index in [-0.39, 0.29) is 0 Å². The summed E-state index contributed by atoms with van der Waals surface area (Å²) in [5.74, 6) is 0.853. The van der Waals surface area contributed by atoms with E-state index in [9.17, 15) is 0 Å². The second-order valence-electron chi connectivity index (χ2n) is 2.73. The van der Waals surface area contributed by atoms with Gasteiger partial charge in [-0.25, -0.2) is 0 Å². The van der Waals surface area contributed by atoms with Crippen LogP contribution in [0.4, 0.5) is 0 Å².